The van der Waals surface area contributed by atoms with Gasteiger partial charge in [0.2, 0.25) is 0 Å². The van der Waals surface area contributed by atoms with Crippen LogP contribution < -0.4 is 5.32 Å². The second-order valence-corrected chi connectivity index (χ2v) is 5.89. The fourth-order valence-electron chi connectivity index (χ4n) is 2.69. The molecule has 4 nitrogen and oxygen atoms in total. The summed E-state index contributed by atoms with van der Waals surface area (Å²) in [6, 6.07) is 1.76. The monoisotopic (exact) mass is 330 g/mol. The number of ether oxygens (including phenoxy) is 1. The molecule has 1 amide bonds. The van der Waals surface area contributed by atoms with Gasteiger partial charge in [0.1, 0.15) is 0 Å². The highest BCUT2D eigenvalue weighted by molar-refractivity contribution is 5.94. The molecule has 1 aliphatic rings. The summed E-state index contributed by atoms with van der Waals surface area (Å²) in [5, 5.41) is 2.61. The van der Waals surface area contributed by atoms with Crippen molar-refractivity contribution in [3.63, 3.8) is 0 Å². The topological polar surface area (TPSA) is 41.6 Å². The van der Waals surface area contributed by atoms with Gasteiger partial charge in [-0.3, -0.25) is 9.69 Å². The maximum atomic E-state index is 13.6. The van der Waals surface area contributed by atoms with Crippen molar-refractivity contribution in [1.82, 2.24) is 10.2 Å². The molecule has 0 radical (unpaired) electrons. The summed E-state index contributed by atoms with van der Waals surface area (Å²) >= 11 is 0. The molecule has 23 heavy (non-hydrogen) atoms. The van der Waals surface area contributed by atoms with Crippen LogP contribution in [0.5, 0.6) is 0 Å². The van der Waals surface area contributed by atoms with E-state index in [0.29, 0.717) is 19.8 Å². The molecule has 1 aromatic carbocycles. The summed E-state index contributed by atoms with van der Waals surface area (Å²) in [5.41, 5.74) is -0.492. The maximum absolute atomic E-state index is 13.6. The van der Waals surface area contributed by atoms with Gasteiger partial charge < -0.3 is 10.1 Å². The quantitative estimate of drug-likeness (QED) is 0.842. The lowest BCUT2D eigenvalue weighted by molar-refractivity contribution is 0.00671. The molecule has 1 atom stereocenters. The number of amides is 1. The Labute approximate surface area is 133 Å². The average molecular weight is 330 g/mol. The maximum Gasteiger partial charge on any atom is 0.254 e. The second kappa shape index (κ2) is 7.79. The molecular weight excluding hydrogens is 309 g/mol. The molecule has 0 bridgehead atoms. The number of halogens is 3. The van der Waals surface area contributed by atoms with E-state index in [4.69, 9.17) is 4.74 Å². The van der Waals surface area contributed by atoms with E-state index in [9.17, 15) is 18.0 Å². The first kappa shape index (κ1) is 17.7. The molecule has 1 saturated heterocycles. The summed E-state index contributed by atoms with van der Waals surface area (Å²) < 4.78 is 45.1. The Bertz CT molecular complexity index is 561. The van der Waals surface area contributed by atoms with Gasteiger partial charge in [-0.25, -0.2) is 13.2 Å². The number of benzene rings is 1. The van der Waals surface area contributed by atoms with E-state index < -0.39 is 28.9 Å². The summed E-state index contributed by atoms with van der Waals surface area (Å²) in [4.78, 5) is 14.3. The minimum atomic E-state index is -1.63. The van der Waals surface area contributed by atoms with Crippen LogP contribution in [-0.2, 0) is 4.74 Å². The third-order valence-corrected chi connectivity index (χ3v) is 4.04. The number of nitrogens with zero attached hydrogens (tertiary/aromatic N) is 1. The van der Waals surface area contributed by atoms with E-state index in [2.05, 4.69) is 10.2 Å². The summed E-state index contributed by atoms with van der Waals surface area (Å²) in [5.74, 6) is -4.89. The standard InChI is InChI=1S/C16H21F3N2O2/c1-10(2)13(21-5-7-23-8-6-21)9-20-16(22)11-3-4-12(17)15(19)14(11)18/h3-4,10,13H,5-9H2,1-2H3,(H,20,22). The average Bonchev–Trinajstić information content (AvgIpc) is 2.53. The summed E-state index contributed by atoms with van der Waals surface area (Å²) in [7, 11) is 0. The number of carbonyl (C=O) groups excluding carboxylic acids is 1. The molecule has 0 aliphatic carbocycles. The van der Waals surface area contributed by atoms with Gasteiger partial charge >= 0.3 is 0 Å². The van der Waals surface area contributed by atoms with Crippen molar-refractivity contribution in [3.05, 3.63) is 35.1 Å². The summed E-state index contributed by atoms with van der Waals surface area (Å²) in [6.45, 7) is 7.16. The van der Waals surface area contributed by atoms with Crippen LogP contribution in [0.25, 0.3) is 0 Å². The van der Waals surface area contributed by atoms with Crippen LogP contribution in [0.2, 0.25) is 0 Å². The minimum absolute atomic E-state index is 0.0659. The zero-order valence-electron chi connectivity index (χ0n) is 13.2. The predicted octanol–water partition coefficient (Wildman–Crippen LogP) is 2.19. The Hall–Kier alpha value is -1.60. The van der Waals surface area contributed by atoms with Gasteiger partial charge in [-0.2, -0.15) is 0 Å². The van der Waals surface area contributed by atoms with Gasteiger partial charge in [0.25, 0.3) is 5.91 Å². The number of morpholine rings is 1. The molecule has 7 heteroatoms. The van der Waals surface area contributed by atoms with Crippen molar-refractivity contribution in [1.29, 1.82) is 0 Å². The van der Waals surface area contributed by atoms with Crippen molar-refractivity contribution in [2.75, 3.05) is 32.8 Å². The molecule has 1 fully saturated rings. The molecule has 0 aromatic heterocycles. The Morgan fingerprint density at radius 2 is 1.87 bits per heavy atom. The van der Waals surface area contributed by atoms with Gasteiger partial charge in [0, 0.05) is 25.7 Å². The predicted molar refractivity (Wildman–Crippen MR) is 79.7 cm³/mol. The van der Waals surface area contributed by atoms with E-state index >= 15 is 0 Å². The van der Waals surface area contributed by atoms with Crippen LogP contribution in [0, 0.1) is 23.4 Å². The second-order valence-electron chi connectivity index (χ2n) is 5.89. The first-order valence-corrected chi connectivity index (χ1v) is 7.65. The molecule has 128 valence electrons. The van der Waals surface area contributed by atoms with Crippen LogP contribution >= 0.6 is 0 Å². The lowest BCUT2D eigenvalue weighted by Gasteiger charge is -2.36. The lowest BCUT2D eigenvalue weighted by atomic mass is 10.0. The molecule has 1 aliphatic heterocycles. The number of hydrogen-bond acceptors (Lipinski definition) is 3. The highest BCUT2D eigenvalue weighted by Crippen LogP contribution is 2.16. The van der Waals surface area contributed by atoms with Gasteiger partial charge in [-0.05, 0) is 18.1 Å². The molecule has 2 rings (SSSR count). The van der Waals surface area contributed by atoms with E-state index in [1.54, 1.807) is 0 Å². The van der Waals surface area contributed by atoms with Crippen molar-refractivity contribution < 1.29 is 22.7 Å². The van der Waals surface area contributed by atoms with Crippen LogP contribution in [0.3, 0.4) is 0 Å². The molecule has 1 aromatic rings. The minimum Gasteiger partial charge on any atom is -0.379 e. The fourth-order valence-corrected chi connectivity index (χ4v) is 2.69. The molecular formula is C16H21F3N2O2. The van der Waals surface area contributed by atoms with E-state index in [1.165, 1.54) is 0 Å². The van der Waals surface area contributed by atoms with Crippen LogP contribution in [-0.4, -0.2) is 49.7 Å². The number of carbonyl (C=O) groups is 1. The van der Waals surface area contributed by atoms with Crippen molar-refractivity contribution in [3.8, 4) is 0 Å². The Balaban J connectivity index is 2.03. The first-order valence-electron chi connectivity index (χ1n) is 7.65. The first-order chi connectivity index (χ1) is 10.9. The Morgan fingerprint density at radius 3 is 2.48 bits per heavy atom. The SMILES string of the molecule is CC(C)C(CNC(=O)c1ccc(F)c(F)c1F)N1CCOCC1. The third-order valence-electron chi connectivity index (χ3n) is 4.04. The van der Waals surface area contributed by atoms with Crippen LogP contribution in [0.1, 0.15) is 24.2 Å². The molecule has 1 N–H and O–H groups in total. The van der Waals surface area contributed by atoms with Gasteiger partial charge in [-0.15, -0.1) is 0 Å². The molecule has 1 heterocycles. The Morgan fingerprint density at radius 1 is 1.22 bits per heavy atom. The normalized spacial score (nSPS) is 17.3. The molecule has 0 saturated carbocycles. The Kier molecular flexibility index (Phi) is 6.01. The highest BCUT2D eigenvalue weighted by Gasteiger charge is 2.25. The fraction of sp³-hybridized carbons (Fsp3) is 0.562. The van der Waals surface area contributed by atoms with Crippen molar-refractivity contribution in [2.45, 2.75) is 19.9 Å². The molecule has 0 spiro atoms. The number of rotatable bonds is 5. The van der Waals surface area contributed by atoms with Crippen molar-refractivity contribution >= 4 is 5.91 Å². The number of hydrogen-bond donors (Lipinski definition) is 1. The van der Waals surface area contributed by atoms with Gasteiger partial charge in [0.05, 0.1) is 18.8 Å². The number of nitrogens with one attached hydrogen (secondary N) is 1. The van der Waals surface area contributed by atoms with Crippen LogP contribution in [0.4, 0.5) is 13.2 Å². The van der Waals surface area contributed by atoms with Crippen molar-refractivity contribution in [2.24, 2.45) is 5.92 Å². The zero-order valence-corrected chi connectivity index (χ0v) is 13.2. The molecule has 1 unspecified atom stereocenters. The summed E-state index contributed by atoms with van der Waals surface area (Å²) in [6.07, 6.45) is 0. The van der Waals surface area contributed by atoms with Gasteiger partial charge in [0.15, 0.2) is 17.5 Å². The largest absolute Gasteiger partial charge is 0.379 e. The zero-order chi connectivity index (χ0) is 17.0. The van der Waals surface area contributed by atoms with Gasteiger partial charge in [-0.1, -0.05) is 13.8 Å². The van der Waals surface area contributed by atoms with E-state index in [-0.39, 0.29) is 12.0 Å². The highest BCUT2D eigenvalue weighted by atomic mass is 19.2. The lowest BCUT2D eigenvalue weighted by Crippen LogP contribution is -2.51. The van der Waals surface area contributed by atoms with E-state index in [0.717, 1.165) is 25.2 Å². The van der Waals surface area contributed by atoms with E-state index in [1.807, 2.05) is 13.8 Å². The van der Waals surface area contributed by atoms with Crippen LogP contribution in [0.15, 0.2) is 12.1 Å². The third kappa shape index (κ3) is 4.23. The smallest absolute Gasteiger partial charge is 0.254 e.